The van der Waals surface area contributed by atoms with Gasteiger partial charge in [-0.25, -0.2) is 0 Å². The van der Waals surface area contributed by atoms with Crippen molar-refractivity contribution in [1.29, 1.82) is 0 Å². The van der Waals surface area contributed by atoms with Crippen LogP contribution in [0, 0.1) is 0 Å². The Labute approximate surface area is 94.7 Å². The first-order valence-corrected chi connectivity index (χ1v) is 5.36. The molecule has 1 atom stereocenters. The molecule has 1 aromatic rings. The molecule has 1 aromatic carbocycles. The molecule has 0 heterocycles. The minimum absolute atomic E-state index is 0.121. The van der Waals surface area contributed by atoms with Crippen molar-refractivity contribution in [2.75, 3.05) is 6.61 Å². The van der Waals surface area contributed by atoms with Crippen LogP contribution in [0.25, 0.3) is 0 Å². The van der Waals surface area contributed by atoms with Gasteiger partial charge in [0, 0.05) is 10.4 Å². The molecule has 1 aliphatic rings. The molecule has 0 saturated heterocycles. The molecule has 0 aromatic heterocycles. The van der Waals surface area contributed by atoms with Gasteiger partial charge >= 0.3 is 0 Å². The summed E-state index contributed by atoms with van der Waals surface area (Å²) in [6.45, 7) is 0.121. The lowest BCUT2D eigenvalue weighted by molar-refractivity contribution is 0.225. The van der Waals surface area contributed by atoms with Gasteiger partial charge in [-0.15, -0.1) is 0 Å². The number of hydrogen-bond donors (Lipinski definition) is 1. The summed E-state index contributed by atoms with van der Waals surface area (Å²) < 4.78 is 0. The van der Waals surface area contributed by atoms with Gasteiger partial charge in [-0.2, -0.15) is 0 Å². The van der Waals surface area contributed by atoms with Crippen LogP contribution in [-0.4, -0.2) is 11.7 Å². The van der Waals surface area contributed by atoms with Crippen molar-refractivity contribution in [2.45, 2.75) is 11.8 Å². The van der Waals surface area contributed by atoms with Crippen molar-refractivity contribution in [3.8, 4) is 0 Å². The van der Waals surface area contributed by atoms with E-state index in [9.17, 15) is 5.11 Å². The lowest BCUT2D eigenvalue weighted by Gasteiger charge is -2.29. The van der Waals surface area contributed by atoms with Gasteiger partial charge in [0.05, 0.1) is 6.61 Å². The van der Waals surface area contributed by atoms with Gasteiger partial charge in [0.2, 0.25) is 0 Å². The van der Waals surface area contributed by atoms with Crippen molar-refractivity contribution in [3.63, 3.8) is 0 Å². The molecule has 0 spiro atoms. The zero-order valence-corrected chi connectivity index (χ0v) is 9.11. The smallest absolute Gasteiger partial charge is 0.0565 e. The zero-order valence-electron chi connectivity index (χ0n) is 8.36. The van der Waals surface area contributed by atoms with E-state index < -0.39 is 0 Å². The van der Waals surface area contributed by atoms with Gasteiger partial charge in [-0.05, 0) is 24.1 Å². The minimum atomic E-state index is -0.265. The molecule has 0 saturated carbocycles. The number of benzene rings is 1. The highest BCUT2D eigenvalue weighted by atomic mass is 35.5. The molecule has 0 fully saturated rings. The van der Waals surface area contributed by atoms with E-state index >= 15 is 0 Å². The Hall–Kier alpha value is -1.05. The fraction of sp³-hybridized carbons (Fsp3) is 0.231. The summed E-state index contributed by atoms with van der Waals surface area (Å²) in [5, 5.41) is 10.3. The summed E-state index contributed by atoms with van der Waals surface area (Å²) in [4.78, 5) is 0. The molecule has 78 valence electrons. The molecular formula is C13H13ClO. The molecule has 2 heteroatoms. The summed E-state index contributed by atoms with van der Waals surface area (Å²) in [5.74, 6) is 0. The van der Waals surface area contributed by atoms with Crippen LogP contribution in [0.2, 0.25) is 5.02 Å². The summed E-state index contributed by atoms with van der Waals surface area (Å²) in [5.41, 5.74) is 0.842. The third-order valence-electron chi connectivity index (χ3n) is 2.85. The van der Waals surface area contributed by atoms with Crippen LogP contribution in [0.5, 0.6) is 0 Å². The summed E-state index contributed by atoms with van der Waals surface area (Å²) in [7, 11) is 0. The number of hydrogen-bond acceptors (Lipinski definition) is 1. The highest BCUT2D eigenvalue weighted by molar-refractivity contribution is 6.30. The summed E-state index contributed by atoms with van der Waals surface area (Å²) in [6, 6.07) is 7.67. The highest BCUT2D eigenvalue weighted by Crippen LogP contribution is 2.32. The van der Waals surface area contributed by atoms with E-state index in [0.29, 0.717) is 0 Å². The van der Waals surface area contributed by atoms with E-state index in [-0.39, 0.29) is 12.0 Å². The van der Waals surface area contributed by atoms with Gasteiger partial charge < -0.3 is 5.11 Å². The average Bonchev–Trinajstić information content (AvgIpc) is 2.31. The Kier molecular flexibility index (Phi) is 2.94. The SMILES string of the molecule is OC[C@]1(c2ccc(Cl)cc2)C=CC=CC1. The number of allylic oxidation sites excluding steroid dienone is 3. The second kappa shape index (κ2) is 4.21. The lowest BCUT2D eigenvalue weighted by atomic mass is 9.76. The molecule has 0 aliphatic heterocycles. The number of aliphatic hydroxyl groups is 1. The second-order valence-electron chi connectivity index (χ2n) is 3.81. The van der Waals surface area contributed by atoms with Crippen molar-refractivity contribution in [1.82, 2.24) is 0 Å². The van der Waals surface area contributed by atoms with E-state index in [2.05, 4.69) is 12.2 Å². The molecule has 0 bridgehead atoms. The Balaban J connectivity index is 2.38. The van der Waals surface area contributed by atoms with Gasteiger partial charge in [0.1, 0.15) is 0 Å². The first kappa shape index (κ1) is 10.5. The largest absolute Gasteiger partial charge is 0.395 e. The van der Waals surface area contributed by atoms with Crippen LogP contribution in [-0.2, 0) is 5.41 Å². The Morgan fingerprint density at radius 2 is 1.93 bits per heavy atom. The van der Waals surface area contributed by atoms with Gasteiger partial charge in [-0.1, -0.05) is 48.0 Å². The Bertz CT molecular complexity index is 392. The maximum Gasteiger partial charge on any atom is 0.0565 e. The minimum Gasteiger partial charge on any atom is -0.395 e. The quantitative estimate of drug-likeness (QED) is 0.812. The third kappa shape index (κ3) is 1.99. The summed E-state index contributed by atoms with van der Waals surface area (Å²) >= 11 is 5.84. The van der Waals surface area contributed by atoms with E-state index in [0.717, 1.165) is 17.0 Å². The Morgan fingerprint density at radius 3 is 2.47 bits per heavy atom. The molecule has 0 radical (unpaired) electrons. The number of rotatable bonds is 2. The molecule has 15 heavy (non-hydrogen) atoms. The maximum atomic E-state index is 9.55. The van der Waals surface area contributed by atoms with E-state index in [1.165, 1.54) is 0 Å². The first-order valence-electron chi connectivity index (χ1n) is 4.98. The molecule has 0 unspecified atom stereocenters. The standard InChI is InChI=1S/C13H13ClO/c14-12-6-4-11(5-7-12)13(10-15)8-2-1-3-9-13/h1-8,15H,9-10H2/t13-/m0/s1. The fourth-order valence-electron chi connectivity index (χ4n) is 1.87. The number of aliphatic hydroxyl groups excluding tert-OH is 1. The van der Waals surface area contributed by atoms with E-state index in [1.54, 1.807) is 0 Å². The Morgan fingerprint density at radius 1 is 1.20 bits per heavy atom. The normalized spacial score (nSPS) is 24.4. The van der Waals surface area contributed by atoms with Crippen LogP contribution in [0.1, 0.15) is 12.0 Å². The van der Waals surface area contributed by atoms with E-state index in [1.807, 2.05) is 36.4 Å². The predicted molar refractivity (Wildman–Crippen MR) is 63.1 cm³/mol. The van der Waals surface area contributed by atoms with E-state index in [4.69, 9.17) is 11.6 Å². The van der Waals surface area contributed by atoms with Crippen molar-refractivity contribution in [3.05, 3.63) is 59.2 Å². The van der Waals surface area contributed by atoms with Crippen LogP contribution in [0.4, 0.5) is 0 Å². The van der Waals surface area contributed by atoms with Crippen LogP contribution in [0.15, 0.2) is 48.6 Å². The average molecular weight is 221 g/mol. The maximum absolute atomic E-state index is 9.55. The van der Waals surface area contributed by atoms with Crippen molar-refractivity contribution < 1.29 is 5.11 Å². The molecular weight excluding hydrogens is 208 g/mol. The topological polar surface area (TPSA) is 20.2 Å². The van der Waals surface area contributed by atoms with Gasteiger partial charge in [-0.3, -0.25) is 0 Å². The number of halogens is 1. The first-order chi connectivity index (χ1) is 7.27. The van der Waals surface area contributed by atoms with Crippen LogP contribution in [0.3, 0.4) is 0 Å². The van der Waals surface area contributed by atoms with Crippen LogP contribution >= 0.6 is 11.6 Å². The van der Waals surface area contributed by atoms with Crippen molar-refractivity contribution in [2.24, 2.45) is 0 Å². The molecule has 1 nitrogen and oxygen atoms in total. The van der Waals surface area contributed by atoms with Gasteiger partial charge in [0.15, 0.2) is 0 Å². The fourth-order valence-corrected chi connectivity index (χ4v) is 2.00. The van der Waals surface area contributed by atoms with Gasteiger partial charge in [0.25, 0.3) is 0 Å². The van der Waals surface area contributed by atoms with Crippen molar-refractivity contribution >= 4 is 11.6 Å². The molecule has 0 amide bonds. The highest BCUT2D eigenvalue weighted by Gasteiger charge is 2.28. The molecule has 1 aliphatic carbocycles. The monoisotopic (exact) mass is 220 g/mol. The second-order valence-corrected chi connectivity index (χ2v) is 4.25. The lowest BCUT2D eigenvalue weighted by Crippen LogP contribution is -2.28. The third-order valence-corrected chi connectivity index (χ3v) is 3.10. The zero-order chi connectivity index (χ0) is 10.7. The molecule has 2 rings (SSSR count). The summed E-state index contributed by atoms with van der Waals surface area (Å²) in [6.07, 6.45) is 8.95. The predicted octanol–water partition coefficient (Wildman–Crippen LogP) is 3.09. The van der Waals surface area contributed by atoms with Crippen LogP contribution < -0.4 is 0 Å². The molecule has 1 N–H and O–H groups in total.